The lowest BCUT2D eigenvalue weighted by molar-refractivity contribution is -0.001000. The number of benzene rings is 2. The highest BCUT2D eigenvalue weighted by molar-refractivity contribution is 5.86. The first kappa shape index (κ1) is 17.7. The number of hydrogen-bond donors (Lipinski definition) is 4. The highest BCUT2D eigenvalue weighted by Crippen LogP contribution is 2.35. The number of rotatable bonds is 1. The molecule has 0 aliphatic carbocycles. The van der Waals surface area contributed by atoms with Crippen LogP contribution < -0.4 is 24.8 Å². The first-order valence-electron chi connectivity index (χ1n) is 5.86. The molecule has 22 heavy (non-hydrogen) atoms. The van der Waals surface area contributed by atoms with E-state index in [1.807, 2.05) is 0 Å². The molecule has 0 amide bonds. The van der Waals surface area contributed by atoms with Gasteiger partial charge in [0, 0.05) is 18.2 Å². The van der Waals surface area contributed by atoms with Crippen LogP contribution >= 0.6 is 0 Å². The Morgan fingerprint density at radius 2 is 1.41 bits per heavy atom. The summed E-state index contributed by atoms with van der Waals surface area (Å²) in [5, 5.41) is 38.4. The number of hydrogen-bond acceptors (Lipinski definition) is 4. The molecule has 0 aliphatic heterocycles. The van der Waals surface area contributed by atoms with Crippen LogP contribution in [-0.4, -0.2) is 20.4 Å². The molecule has 1 aromatic heterocycles. The van der Waals surface area contributed by atoms with Crippen molar-refractivity contribution in [1.82, 2.24) is 0 Å². The molecule has 3 rings (SSSR count). The summed E-state index contributed by atoms with van der Waals surface area (Å²) in [6, 6.07) is 10.2. The Kier molecular flexibility index (Phi) is 5.30. The summed E-state index contributed by atoms with van der Waals surface area (Å²) in [6.07, 6.45) is 0. The fourth-order valence-corrected chi connectivity index (χ4v) is 1.99. The topological polar surface area (TPSA) is 92.2 Å². The van der Waals surface area contributed by atoms with Gasteiger partial charge in [-0.1, -0.05) is 0 Å². The molecule has 7 heteroatoms. The molecule has 0 aliphatic rings. The summed E-state index contributed by atoms with van der Waals surface area (Å²) in [5.41, 5.74) is 0.873. The van der Waals surface area contributed by atoms with Gasteiger partial charge in [-0.25, -0.2) is 4.42 Å². The molecule has 0 radical (unpaired) electrons. The summed E-state index contributed by atoms with van der Waals surface area (Å²) in [7, 11) is 0. The summed E-state index contributed by atoms with van der Waals surface area (Å²) in [5.74, 6) is -0.229. The molecular weight excluding hydrogens is 331 g/mol. The summed E-state index contributed by atoms with van der Waals surface area (Å²) in [6.45, 7) is 0. The molecule has 0 atom stereocenters. The lowest BCUT2D eigenvalue weighted by atomic mass is 10.1. The van der Waals surface area contributed by atoms with E-state index in [2.05, 4.69) is 0 Å². The maximum absolute atomic E-state index is 9.70. The molecule has 2 aromatic carbocycles. The third kappa shape index (κ3) is 3.10. The largest absolute Gasteiger partial charge is 1.00 e. The van der Waals surface area contributed by atoms with Crippen molar-refractivity contribution in [3.05, 3.63) is 42.5 Å². The number of aromatic hydroxyl groups is 4. The standard InChI is InChI=1S/C15H10O5.2ClH/c16-9-6-12(18)10-2-4-14(20-15(10)7-9)8-1-3-11(17)13(19)5-8;;/h1-7H,(H3-,16,17,18,19);2*1H/p-1. The molecule has 116 valence electrons. The zero-order chi connectivity index (χ0) is 14.3. The van der Waals surface area contributed by atoms with E-state index in [1.165, 1.54) is 24.3 Å². The summed E-state index contributed by atoms with van der Waals surface area (Å²) < 4.78 is 5.59. The van der Waals surface area contributed by atoms with Crippen molar-refractivity contribution in [2.45, 2.75) is 0 Å². The second-order valence-electron chi connectivity index (χ2n) is 4.38. The lowest BCUT2D eigenvalue weighted by Gasteiger charge is -1.99. The van der Waals surface area contributed by atoms with Crippen molar-refractivity contribution in [1.29, 1.82) is 0 Å². The van der Waals surface area contributed by atoms with Crippen molar-refractivity contribution in [2.75, 3.05) is 0 Å². The van der Waals surface area contributed by atoms with E-state index < -0.39 is 0 Å². The predicted molar refractivity (Wildman–Crippen MR) is 72.7 cm³/mol. The summed E-state index contributed by atoms with van der Waals surface area (Å²) >= 11 is 0. The zero-order valence-electron chi connectivity index (χ0n) is 11.0. The molecule has 3 aromatic rings. The van der Waals surface area contributed by atoms with E-state index in [1.54, 1.807) is 18.2 Å². The average molecular weight is 342 g/mol. The minimum absolute atomic E-state index is 0. The van der Waals surface area contributed by atoms with E-state index >= 15 is 0 Å². The van der Waals surface area contributed by atoms with Crippen molar-refractivity contribution in [3.8, 4) is 34.3 Å². The summed E-state index contributed by atoms with van der Waals surface area (Å²) in [4.78, 5) is 0. The van der Waals surface area contributed by atoms with Crippen LogP contribution in [0.1, 0.15) is 0 Å². The second kappa shape index (κ2) is 6.60. The smallest absolute Gasteiger partial charge is 0.368 e. The van der Waals surface area contributed by atoms with Crippen LogP contribution in [0.25, 0.3) is 22.3 Å². The Bertz CT molecular complexity index is 820. The minimum atomic E-state index is -0.253. The van der Waals surface area contributed by atoms with Crippen LogP contribution in [-0.2, 0) is 0 Å². The molecule has 0 bridgehead atoms. The van der Waals surface area contributed by atoms with Gasteiger partial charge in [0.15, 0.2) is 11.5 Å². The predicted octanol–water partition coefficient (Wildman–Crippen LogP) is -2.79. The number of phenolic OH excluding ortho intramolecular Hbond substituents is 4. The van der Waals surface area contributed by atoms with Gasteiger partial charge >= 0.3 is 11.3 Å². The highest BCUT2D eigenvalue weighted by Gasteiger charge is 2.18. The minimum Gasteiger partial charge on any atom is -1.00 e. The second-order valence-corrected chi connectivity index (χ2v) is 4.38. The third-order valence-corrected chi connectivity index (χ3v) is 2.99. The molecule has 0 spiro atoms. The van der Waals surface area contributed by atoms with Gasteiger partial charge in [-0.2, -0.15) is 0 Å². The lowest BCUT2D eigenvalue weighted by Crippen LogP contribution is -3.00. The van der Waals surface area contributed by atoms with Crippen molar-refractivity contribution in [2.24, 2.45) is 0 Å². The third-order valence-electron chi connectivity index (χ3n) is 2.99. The van der Waals surface area contributed by atoms with Crippen LogP contribution in [0.15, 0.2) is 46.9 Å². The molecular formula is C15H11Cl2O5-. The molecule has 0 fully saturated rings. The van der Waals surface area contributed by atoms with Gasteiger partial charge in [0.05, 0.1) is 11.6 Å². The maximum atomic E-state index is 9.70. The molecule has 0 unspecified atom stereocenters. The van der Waals surface area contributed by atoms with Crippen LogP contribution in [0.3, 0.4) is 0 Å². The van der Waals surface area contributed by atoms with Gasteiger partial charge in [0.1, 0.15) is 16.9 Å². The molecule has 1 heterocycles. The van der Waals surface area contributed by atoms with E-state index in [9.17, 15) is 20.4 Å². The monoisotopic (exact) mass is 341 g/mol. The fraction of sp³-hybridized carbons (Fsp3) is 0. The maximum Gasteiger partial charge on any atom is 0.368 e. The quantitative estimate of drug-likeness (QED) is 0.284. The Labute approximate surface area is 137 Å². The van der Waals surface area contributed by atoms with Gasteiger partial charge in [-0.3, -0.25) is 0 Å². The van der Waals surface area contributed by atoms with E-state index in [-0.39, 0.29) is 47.8 Å². The van der Waals surface area contributed by atoms with Crippen LogP contribution in [0.2, 0.25) is 0 Å². The van der Waals surface area contributed by atoms with Crippen LogP contribution in [0.4, 0.5) is 0 Å². The SMILES string of the molecule is Oc1cc(O)c2ccc(-c3ccc(O)c(O)c3)[o+]c2c1.[Cl-].[Cl-]. The van der Waals surface area contributed by atoms with Crippen molar-refractivity contribution < 1.29 is 49.7 Å². The van der Waals surface area contributed by atoms with Gasteiger partial charge < -0.3 is 45.2 Å². The normalized spacial score (nSPS) is 9.82. The van der Waals surface area contributed by atoms with Crippen LogP contribution in [0.5, 0.6) is 23.0 Å². The van der Waals surface area contributed by atoms with Crippen LogP contribution in [0, 0.1) is 0 Å². The number of phenols is 4. The fourth-order valence-electron chi connectivity index (χ4n) is 1.99. The first-order valence-corrected chi connectivity index (χ1v) is 5.86. The molecule has 0 saturated heterocycles. The first-order chi connectivity index (χ1) is 9.54. The number of halogens is 2. The van der Waals surface area contributed by atoms with E-state index in [0.29, 0.717) is 22.3 Å². The van der Waals surface area contributed by atoms with Gasteiger partial charge in [-0.15, -0.1) is 0 Å². The number of fused-ring (bicyclic) bond motifs is 1. The molecule has 4 N–H and O–H groups in total. The van der Waals surface area contributed by atoms with Gasteiger partial charge in [-0.05, 0) is 18.2 Å². The van der Waals surface area contributed by atoms with E-state index in [4.69, 9.17) is 4.42 Å². The Morgan fingerprint density at radius 3 is 2.09 bits per heavy atom. The highest BCUT2D eigenvalue weighted by atomic mass is 35.5. The zero-order valence-corrected chi connectivity index (χ0v) is 12.5. The average Bonchev–Trinajstić information content (AvgIpc) is 2.41. The molecule has 5 nitrogen and oxygen atoms in total. The van der Waals surface area contributed by atoms with Gasteiger partial charge in [0.2, 0.25) is 0 Å². The van der Waals surface area contributed by atoms with Crippen molar-refractivity contribution in [3.63, 3.8) is 0 Å². The van der Waals surface area contributed by atoms with E-state index in [0.717, 1.165) is 0 Å². The molecule has 0 saturated carbocycles. The Hall–Kier alpha value is -2.37. The Morgan fingerprint density at radius 1 is 0.682 bits per heavy atom. The van der Waals surface area contributed by atoms with Gasteiger partial charge in [0.25, 0.3) is 0 Å². The Balaban J connectivity index is 0.00000121. The van der Waals surface area contributed by atoms with Crippen molar-refractivity contribution >= 4 is 11.0 Å².